The van der Waals surface area contributed by atoms with Crippen molar-refractivity contribution in [1.29, 1.82) is 0 Å². The predicted molar refractivity (Wildman–Crippen MR) is 116 cm³/mol. The molecule has 0 radical (unpaired) electrons. The number of amides is 2. The summed E-state index contributed by atoms with van der Waals surface area (Å²) < 4.78 is 0. The van der Waals surface area contributed by atoms with Gasteiger partial charge in [-0.1, -0.05) is 30.7 Å². The molecule has 0 unspecified atom stereocenters. The van der Waals surface area contributed by atoms with Crippen molar-refractivity contribution in [3.63, 3.8) is 0 Å². The van der Waals surface area contributed by atoms with E-state index in [1.54, 1.807) is 36.4 Å². The number of para-hydroxylation sites is 2. The van der Waals surface area contributed by atoms with Gasteiger partial charge in [0.1, 0.15) is 5.66 Å². The van der Waals surface area contributed by atoms with Gasteiger partial charge in [-0.05, 0) is 49.9 Å². The molecule has 5 rings (SSSR count). The fourth-order valence-electron chi connectivity index (χ4n) is 4.72. The van der Waals surface area contributed by atoms with E-state index in [-0.39, 0.29) is 23.7 Å². The van der Waals surface area contributed by atoms with Crippen LogP contribution in [-0.2, 0) is 0 Å². The zero-order valence-electron chi connectivity index (χ0n) is 16.4. The number of imide groups is 1. The summed E-state index contributed by atoms with van der Waals surface area (Å²) in [4.78, 5) is 38.2. The van der Waals surface area contributed by atoms with E-state index in [2.05, 4.69) is 4.99 Å². The molecule has 2 aromatic rings. The average Bonchev–Trinajstić information content (AvgIpc) is 2.99. The Balaban J connectivity index is 1.65. The molecule has 1 spiro atoms. The normalized spacial score (nSPS) is 20.3. The minimum absolute atomic E-state index is 0.156. The number of rotatable bonds is 2. The highest BCUT2D eigenvalue weighted by Crippen LogP contribution is 2.44. The van der Waals surface area contributed by atoms with E-state index >= 15 is 0 Å². The molecule has 2 heterocycles. The van der Waals surface area contributed by atoms with E-state index in [4.69, 9.17) is 16.5 Å². The van der Waals surface area contributed by atoms with Gasteiger partial charge in [0, 0.05) is 0 Å². The number of guanidine groups is 2. The van der Waals surface area contributed by atoms with Crippen molar-refractivity contribution in [2.75, 3.05) is 9.80 Å². The maximum atomic E-state index is 13.1. The molecule has 8 nitrogen and oxygen atoms in total. The molecule has 1 saturated carbocycles. The Morgan fingerprint density at radius 1 is 0.800 bits per heavy atom. The number of hydrogen-bond acceptors (Lipinski definition) is 7. The van der Waals surface area contributed by atoms with E-state index in [1.807, 2.05) is 17.0 Å². The standard InChI is InChI=1S/C22H22N6O2/c23-20-25-21(24)28(22(26-20)12-6-1-7-13-22)17-11-5-4-10-16(17)27-18(29)14-8-2-3-9-15(14)19(27)30/h2-5,8-11H,1,6-7,12-13H2,(H4,23,24,25,26). The first-order valence-corrected chi connectivity index (χ1v) is 10.1. The summed E-state index contributed by atoms with van der Waals surface area (Å²) >= 11 is 0. The van der Waals surface area contributed by atoms with Crippen molar-refractivity contribution in [2.24, 2.45) is 21.5 Å². The van der Waals surface area contributed by atoms with Gasteiger partial charge in [0.15, 0.2) is 0 Å². The van der Waals surface area contributed by atoms with Crippen LogP contribution >= 0.6 is 0 Å². The largest absolute Gasteiger partial charge is 0.369 e. The lowest BCUT2D eigenvalue weighted by Gasteiger charge is -2.46. The van der Waals surface area contributed by atoms with Crippen LogP contribution in [0.3, 0.4) is 0 Å². The Morgan fingerprint density at radius 3 is 2.00 bits per heavy atom. The number of aliphatic imine (C=N–C) groups is 2. The first kappa shape index (κ1) is 18.4. The maximum Gasteiger partial charge on any atom is 0.266 e. The topological polar surface area (TPSA) is 117 Å². The third-order valence-electron chi connectivity index (χ3n) is 6.01. The van der Waals surface area contributed by atoms with Crippen LogP contribution in [0, 0.1) is 0 Å². The molecule has 2 aromatic carbocycles. The number of carbonyl (C=O) groups excluding carboxylic acids is 2. The Bertz CT molecular complexity index is 1080. The number of hydrogen-bond donors (Lipinski definition) is 2. The van der Waals surface area contributed by atoms with Crippen LogP contribution in [-0.4, -0.2) is 29.4 Å². The Labute approximate surface area is 173 Å². The molecule has 1 aliphatic carbocycles. The summed E-state index contributed by atoms with van der Waals surface area (Å²) in [6, 6.07) is 14.1. The fraction of sp³-hybridized carbons (Fsp3) is 0.273. The number of nitrogens with two attached hydrogens (primary N) is 2. The Hall–Kier alpha value is -3.68. The van der Waals surface area contributed by atoms with E-state index in [0.717, 1.165) is 32.1 Å². The number of nitrogens with zero attached hydrogens (tertiary/aromatic N) is 4. The highest BCUT2D eigenvalue weighted by molar-refractivity contribution is 6.35. The molecule has 152 valence electrons. The maximum absolute atomic E-state index is 13.1. The highest BCUT2D eigenvalue weighted by atomic mass is 16.2. The van der Waals surface area contributed by atoms with Crippen molar-refractivity contribution in [1.82, 2.24) is 0 Å². The molecule has 2 aliphatic heterocycles. The molecular formula is C22H22N6O2. The van der Waals surface area contributed by atoms with Gasteiger partial charge in [0.05, 0.1) is 22.5 Å². The third-order valence-corrected chi connectivity index (χ3v) is 6.01. The molecule has 0 saturated heterocycles. The number of anilines is 2. The summed E-state index contributed by atoms with van der Waals surface area (Å²) in [5, 5.41) is 0. The second kappa shape index (κ2) is 6.69. The smallest absolute Gasteiger partial charge is 0.266 e. The van der Waals surface area contributed by atoms with Gasteiger partial charge in [-0.2, -0.15) is 4.99 Å². The second-order valence-electron chi connectivity index (χ2n) is 7.80. The summed E-state index contributed by atoms with van der Waals surface area (Å²) in [5.41, 5.74) is 13.5. The molecular weight excluding hydrogens is 380 g/mol. The van der Waals surface area contributed by atoms with Gasteiger partial charge in [-0.25, -0.2) is 9.89 Å². The van der Waals surface area contributed by atoms with Crippen molar-refractivity contribution < 1.29 is 9.59 Å². The zero-order chi connectivity index (χ0) is 20.9. The highest BCUT2D eigenvalue weighted by Gasteiger charge is 2.45. The first-order valence-electron chi connectivity index (χ1n) is 10.1. The van der Waals surface area contributed by atoms with E-state index in [9.17, 15) is 9.59 Å². The third kappa shape index (κ3) is 2.60. The lowest BCUT2D eigenvalue weighted by atomic mass is 9.87. The van der Waals surface area contributed by atoms with Gasteiger partial charge in [-0.3, -0.25) is 14.5 Å². The minimum Gasteiger partial charge on any atom is -0.369 e. The van der Waals surface area contributed by atoms with Crippen LogP contribution < -0.4 is 21.3 Å². The van der Waals surface area contributed by atoms with Crippen LogP contribution in [0.2, 0.25) is 0 Å². The monoisotopic (exact) mass is 402 g/mol. The van der Waals surface area contributed by atoms with Crippen LogP contribution in [0.4, 0.5) is 11.4 Å². The van der Waals surface area contributed by atoms with Crippen LogP contribution in [0.1, 0.15) is 52.8 Å². The lowest BCUT2D eigenvalue weighted by Crippen LogP contribution is -2.58. The molecule has 3 aliphatic rings. The fourth-order valence-corrected chi connectivity index (χ4v) is 4.72. The quantitative estimate of drug-likeness (QED) is 0.749. The Kier molecular flexibility index (Phi) is 4.09. The summed E-state index contributed by atoms with van der Waals surface area (Å²) in [5.74, 6) is -0.329. The van der Waals surface area contributed by atoms with Crippen LogP contribution in [0.5, 0.6) is 0 Å². The van der Waals surface area contributed by atoms with Crippen LogP contribution in [0.15, 0.2) is 58.5 Å². The molecule has 0 bridgehead atoms. The van der Waals surface area contributed by atoms with E-state index in [0.29, 0.717) is 22.5 Å². The summed E-state index contributed by atoms with van der Waals surface area (Å²) in [6.07, 6.45) is 4.61. The van der Waals surface area contributed by atoms with E-state index < -0.39 is 5.66 Å². The zero-order valence-corrected chi connectivity index (χ0v) is 16.4. The SMILES string of the molecule is NC1=NC2(CCCCC2)N(c2ccccc2N2C(=O)c3ccccc3C2=O)C(N)=N1. The van der Waals surface area contributed by atoms with Gasteiger partial charge < -0.3 is 11.5 Å². The second-order valence-corrected chi connectivity index (χ2v) is 7.80. The average molecular weight is 402 g/mol. The molecule has 0 aromatic heterocycles. The Morgan fingerprint density at radius 2 is 1.37 bits per heavy atom. The van der Waals surface area contributed by atoms with Gasteiger partial charge >= 0.3 is 0 Å². The van der Waals surface area contributed by atoms with Crippen molar-refractivity contribution in [2.45, 2.75) is 37.8 Å². The molecule has 30 heavy (non-hydrogen) atoms. The van der Waals surface area contributed by atoms with Gasteiger partial charge in [-0.15, -0.1) is 0 Å². The van der Waals surface area contributed by atoms with Gasteiger partial charge in [0.2, 0.25) is 11.9 Å². The van der Waals surface area contributed by atoms with E-state index in [1.165, 1.54) is 4.90 Å². The molecule has 4 N–H and O–H groups in total. The molecule has 0 atom stereocenters. The van der Waals surface area contributed by atoms with Crippen molar-refractivity contribution in [3.8, 4) is 0 Å². The summed E-state index contributed by atoms with van der Waals surface area (Å²) in [6.45, 7) is 0. The van der Waals surface area contributed by atoms with Gasteiger partial charge in [0.25, 0.3) is 11.8 Å². The summed E-state index contributed by atoms with van der Waals surface area (Å²) in [7, 11) is 0. The number of fused-ring (bicyclic) bond motifs is 1. The van der Waals surface area contributed by atoms with Crippen LogP contribution in [0.25, 0.3) is 0 Å². The molecule has 8 heteroatoms. The first-order chi connectivity index (χ1) is 14.5. The van der Waals surface area contributed by atoms with Crippen molar-refractivity contribution in [3.05, 3.63) is 59.7 Å². The lowest BCUT2D eigenvalue weighted by molar-refractivity contribution is 0.0926. The number of carbonyl (C=O) groups is 2. The minimum atomic E-state index is -0.664. The number of benzene rings is 2. The molecule has 1 fully saturated rings. The molecule has 2 amide bonds. The predicted octanol–water partition coefficient (Wildman–Crippen LogP) is 2.60. The van der Waals surface area contributed by atoms with Crippen molar-refractivity contribution >= 4 is 35.1 Å².